The average molecular weight is 474 g/mol. The second-order valence-electron chi connectivity index (χ2n) is 7.51. The lowest BCUT2D eigenvalue weighted by Crippen LogP contribution is -2.12. The number of rotatable bonds is 7. The molecule has 4 rings (SSSR count). The third-order valence-corrected chi connectivity index (χ3v) is 5.78. The van der Waals surface area contributed by atoms with Gasteiger partial charge in [0.05, 0.1) is 21.3 Å². The number of carbonyl (C=O) groups is 1. The molecule has 0 atom stereocenters. The van der Waals surface area contributed by atoms with Crippen LogP contribution in [0.15, 0.2) is 84.9 Å². The van der Waals surface area contributed by atoms with Gasteiger partial charge in [-0.1, -0.05) is 66.2 Å². The van der Waals surface area contributed by atoms with Crippen LogP contribution in [0.3, 0.4) is 0 Å². The van der Waals surface area contributed by atoms with E-state index in [1.54, 1.807) is 30.3 Å². The Morgan fingerprint density at radius 2 is 1.29 bits per heavy atom. The molecule has 172 valence electrons. The van der Waals surface area contributed by atoms with E-state index in [0.717, 1.165) is 22.3 Å². The molecule has 0 saturated heterocycles. The van der Waals surface area contributed by atoms with Crippen LogP contribution in [0, 0.1) is 0 Å². The van der Waals surface area contributed by atoms with E-state index in [4.69, 9.17) is 25.8 Å². The fraction of sp³-hybridized carbons (Fsp3) is 0.107. The Balaban J connectivity index is 1.60. The number of nitrogens with one attached hydrogen (secondary N) is 1. The van der Waals surface area contributed by atoms with Gasteiger partial charge in [-0.25, -0.2) is 0 Å². The third-order valence-electron chi connectivity index (χ3n) is 5.45. The van der Waals surface area contributed by atoms with Crippen LogP contribution in [0.1, 0.15) is 10.4 Å². The van der Waals surface area contributed by atoms with Crippen molar-refractivity contribution in [3.05, 3.63) is 95.5 Å². The molecule has 0 saturated carbocycles. The van der Waals surface area contributed by atoms with Crippen molar-refractivity contribution in [2.24, 2.45) is 0 Å². The van der Waals surface area contributed by atoms with Crippen molar-refractivity contribution in [1.82, 2.24) is 0 Å². The predicted octanol–water partition coefficient (Wildman–Crippen LogP) is 6.95. The van der Waals surface area contributed by atoms with Gasteiger partial charge in [0.2, 0.25) is 5.75 Å². The minimum absolute atomic E-state index is 0.284. The summed E-state index contributed by atoms with van der Waals surface area (Å²) >= 11 is 6.49. The van der Waals surface area contributed by atoms with E-state index in [9.17, 15) is 4.79 Å². The maximum absolute atomic E-state index is 13.0. The quantitative estimate of drug-likeness (QED) is 0.315. The van der Waals surface area contributed by atoms with Crippen molar-refractivity contribution in [2.45, 2.75) is 0 Å². The van der Waals surface area contributed by atoms with Gasteiger partial charge in [0, 0.05) is 34.0 Å². The van der Waals surface area contributed by atoms with E-state index in [1.807, 2.05) is 42.5 Å². The average Bonchev–Trinajstić information content (AvgIpc) is 2.88. The fourth-order valence-electron chi connectivity index (χ4n) is 3.72. The third kappa shape index (κ3) is 4.85. The molecule has 5 nitrogen and oxygen atoms in total. The first-order valence-electron chi connectivity index (χ1n) is 10.6. The van der Waals surface area contributed by atoms with E-state index in [1.165, 1.54) is 21.3 Å². The molecule has 0 aliphatic heterocycles. The van der Waals surface area contributed by atoms with Gasteiger partial charge in [-0.15, -0.1) is 0 Å². The topological polar surface area (TPSA) is 56.8 Å². The number of ether oxygens (including phenoxy) is 3. The highest BCUT2D eigenvalue weighted by Gasteiger charge is 2.16. The highest BCUT2D eigenvalue weighted by Crippen LogP contribution is 2.40. The van der Waals surface area contributed by atoms with Gasteiger partial charge in [-0.2, -0.15) is 0 Å². The lowest BCUT2D eigenvalue weighted by Gasteiger charge is -2.15. The van der Waals surface area contributed by atoms with Gasteiger partial charge in [0.1, 0.15) is 0 Å². The zero-order valence-corrected chi connectivity index (χ0v) is 19.8. The molecule has 0 spiro atoms. The summed E-state index contributed by atoms with van der Waals surface area (Å²) in [5, 5.41) is 3.46. The van der Waals surface area contributed by atoms with E-state index in [-0.39, 0.29) is 5.91 Å². The summed E-state index contributed by atoms with van der Waals surface area (Å²) in [5.41, 5.74) is 4.94. The Morgan fingerprint density at radius 1 is 0.706 bits per heavy atom. The van der Waals surface area contributed by atoms with E-state index >= 15 is 0 Å². The molecule has 6 heteroatoms. The Hall–Kier alpha value is -3.96. The van der Waals surface area contributed by atoms with Crippen LogP contribution in [0.2, 0.25) is 5.02 Å². The molecule has 0 heterocycles. The van der Waals surface area contributed by atoms with Gasteiger partial charge in [-0.3, -0.25) is 4.79 Å². The zero-order valence-electron chi connectivity index (χ0n) is 19.1. The summed E-state index contributed by atoms with van der Waals surface area (Å²) < 4.78 is 16.1. The first kappa shape index (κ1) is 23.2. The summed E-state index contributed by atoms with van der Waals surface area (Å²) in [4.78, 5) is 13.0. The highest BCUT2D eigenvalue weighted by molar-refractivity contribution is 6.33. The SMILES string of the molecule is COc1cc(NC(=O)c2ccc(Cl)c(-c3ccc(-c4ccccc4)cc3)c2)cc(OC)c1OC. The largest absolute Gasteiger partial charge is 0.493 e. The lowest BCUT2D eigenvalue weighted by atomic mass is 9.99. The van der Waals surface area contributed by atoms with Gasteiger partial charge in [0.25, 0.3) is 5.91 Å². The minimum atomic E-state index is -0.284. The Bertz CT molecular complexity index is 1280. The normalized spacial score (nSPS) is 10.5. The molecule has 0 radical (unpaired) electrons. The van der Waals surface area contributed by atoms with Crippen LogP contribution in [0.5, 0.6) is 17.2 Å². The Kier molecular flexibility index (Phi) is 7.04. The number of hydrogen-bond donors (Lipinski definition) is 1. The van der Waals surface area contributed by atoms with Crippen molar-refractivity contribution in [3.8, 4) is 39.5 Å². The van der Waals surface area contributed by atoms with Crippen LogP contribution in [0.25, 0.3) is 22.3 Å². The van der Waals surface area contributed by atoms with Crippen LogP contribution >= 0.6 is 11.6 Å². The van der Waals surface area contributed by atoms with E-state index in [2.05, 4.69) is 17.4 Å². The molecule has 0 unspecified atom stereocenters. The van der Waals surface area contributed by atoms with Crippen LogP contribution in [0.4, 0.5) is 5.69 Å². The number of carbonyl (C=O) groups excluding carboxylic acids is 1. The van der Waals surface area contributed by atoms with Gasteiger partial charge >= 0.3 is 0 Å². The lowest BCUT2D eigenvalue weighted by molar-refractivity contribution is 0.102. The summed E-state index contributed by atoms with van der Waals surface area (Å²) in [5.74, 6) is 1.07. The molecule has 1 N–H and O–H groups in total. The van der Waals surface area contributed by atoms with E-state index < -0.39 is 0 Å². The molecular weight excluding hydrogens is 450 g/mol. The summed E-state index contributed by atoms with van der Waals surface area (Å²) in [7, 11) is 4.58. The van der Waals surface area contributed by atoms with Crippen molar-refractivity contribution in [3.63, 3.8) is 0 Å². The van der Waals surface area contributed by atoms with Crippen molar-refractivity contribution in [1.29, 1.82) is 0 Å². The first-order chi connectivity index (χ1) is 16.5. The van der Waals surface area contributed by atoms with Gasteiger partial charge < -0.3 is 19.5 Å². The number of halogens is 1. The fourth-order valence-corrected chi connectivity index (χ4v) is 3.94. The molecule has 34 heavy (non-hydrogen) atoms. The van der Waals surface area contributed by atoms with Gasteiger partial charge in [0.15, 0.2) is 11.5 Å². The summed E-state index contributed by atoms with van der Waals surface area (Å²) in [6.45, 7) is 0. The maximum Gasteiger partial charge on any atom is 0.255 e. The monoisotopic (exact) mass is 473 g/mol. The van der Waals surface area contributed by atoms with Crippen molar-refractivity contribution < 1.29 is 19.0 Å². The second kappa shape index (κ2) is 10.3. The zero-order chi connectivity index (χ0) is 24.1. The molecule has 0 fully saturated rings. The molecule has 4 aromatic carbocycles. The highest BCUT2D eigenvalue weighted by atomic mass is 35.5. The molecule has 0 bridgehead atoms. The van der Waals surface area contributed by atoms with E-state index in [0.29, 0.717) is 33.5 Å². The first-order valence-corrected chi connectivity index (χ1v) is 11.0. The molecule has 0 aliphatic carbocycles. The number of hydrogen-bond acceptors (Lipinski definition) is 4. The molecule has 4 aromatic rings. The number of benzene rings is 4. The molecule has 0 aliphatic rings. The predicted molar refractivity (Wildman–Crippen MR) is 136 cm³/mol. The Morgan fingerprint density at radius 3 is 1.88 bits per heavy atom. The van der Waals surface area contributed by atoms with Crippen molar-refractivity contribution in [2.75, 3.05) is 26.6 Å². The smallest absolute Gasteiger partial charge is 0.255 e. The second-order valence-corrected chi connectivity index (χ2v) is 7.91. The molecule has 0 aromatic heterocycles. The van der Waals surface area contributed by atoms with Crippen molar-refractivity contribution >= 4 is 23.2 Å². The Labute approximate surface area is 203 Å². The summed E-state index contributed by atoms with van der Waals surface area (Å²) in [6, 6.07) is 26.8. The molecule has 1 amide bonds. The number of amides is 1. The molecular formula is C28H24ClNO4. The van der Waals surface area contributed by atoms with Crippen LogP contribution in [-0.4, -0.2) is 27.2 Å². The van der Waals surface area contributed by atoms with Gasteiger partial charge in [-0.05, 0) is 34.9 Å². The van der Waals surface area contributed by atoms with Crippen LogP contribution in [-0.2, 0) is 0 Å². The minimum Gasteiger partial charge on any atom is -0.493 e. The standard InChI is InChI=1S/C28H24ClNO4/c1-32-25-16-22(17-26(33-2)27(25)34-3)30-28(31)21-13-14-24(29)23(15-21)20-11-9-19(10-12-20)18-7-5-4-6-8-18/h4-17H,1-3H3,(H,30,31). The maximum atomic E-state index is 13.0. The number of methoxy groups -OCH3 is 3. The summed E-state index contributed by atoms with van der Waals surface area (Å²) in [6.07, 6.45) is 0. The number of anilines is 1. The van der Waals surface area contributed by atoms with Crippen LogP contribution < -0.4 is 19.5 Å².